The van der Waals surface area contributed by atoms with Crippen molar-refractivity contribution in [1.29, 1.82) is 0 Å². The van der Waals surface area contributed by atoms with Crippen LogP contribution in [0.25, 0.3) is 11.5 Å². The van der Waals surface area contributed by atoms with Crippen molar-refractivity contribution in [2.75, 3.05) is 5.32 Å². The zero-order valence-electron chi connectivity index (χ0n) is 14.4. The van der Waals surface area contributed by atoms with Gasteiger partial charge in [-0.1, -0.05) is 12.1 Å². The van der Waals surface area contributed by atoms with Gasteiger partial charge in [-0.05, 0) is 36.4 Å². The van der Waals surface area contributed by atoms with Crippen molar-refractivity contribution in [2.24, 2.45) is 0 Å². The van der Waals surface area contributed by atoms with Crippen LogP contribution in [0, 0.1) is 5.82 Å². The zero-order valence-corrected chi connectivity index (χ0v) is 15.2. The highest BCUT2D eigenvalue weighted by Crippen LogP contribution is 2.26. The van der Waals surface area contributed by atoms with E-state index < -0.39 is 44.5 Å². The quantitative estimate of drug-likeness (QED) is 0.646. The lowest BCUT2D eigenvalue weighted by atomic mass is 10.2. The van der Waals surface area contributed by atoms with Crippen molar-refractivity contribution >= 4 is 21.4 Å². The van der Waals surface area contributed by atoms with Gasteiger partial charge in [0.2, 0.25) is 21.6 Å². The van der Waals surface area contributed by atoms with Gasteiger partial charge >= 0.3 is 11.5 Å². The third-order valence-corrected chi connectivity index (χ3v) is 5.13. The average molecular weight is 427 g/mol. The Kier molecular flexibility index (Phi) is 5.55. The summed E-state index contributed by atoms with van der Waals surface area (Å²) < 4.78 is 67.6. The van der Waals surface area contributed by atoms with Gasteiger partial charge in [0.25, 0.3) is 0 Å². The SMILES string of the molecule is O=C(Cn1nc(-c2ccc(F)cc2)oc1=O)Nc1ccccc1S(=O)(=O)C(F)F. The lowest BCUT2D eigenvalue weighted by Gasteiger charge is -2.10. The first-order chi connectivity index (χ1) is 13.7. The van der Waals surface area contributed by atoms with Crippen molar-refractivity contribution < 1.29 is 30.8 Å². The van der Waals surface area contributed by atoms with Crippen LogP contribution in [0.3, 0.4) is 0 Å². The van der Waals surface area contributed by atoms with E-state index >= 15 is 0 Å². The molecule has 0 radical (unpaired) electrons. The number of hydrogen-bond acceptors (Lipinski definition) is 6. The Hall–Kier alpha value is -3.41. The molecule has 0 unspecified atom stereocenters. The van der Waals surface area contributed by atoms with Gasteiger partial charge < -0.3 is 9.73 Å². The number of sulfone groups is 1. The number of amides is 1. The van der Waals surface area contributed by atoms with Crippen LogP contribution in [0.15, 0.2) is 62.6 Å². The summed E-state index contributed by atoms with van der Waals surface area (Å²) in [7, 11) is -4.95. The molecule has 1 heterocycles. The third-order valence-electron chi connectivity index (χ3n) is 3.69. The van der Waals surface area contributed by atoms with E-state index in [0.717, 1.165) is 24.3 Å². The van der Waals surface area contributed by atoms with Crippen LogP contribution in [-0.4, -0.2) is 29.9 Å². The minimum Gasteiger partial charge on any atom is -0.388 e. The van der Waals surface area contributed by atoms with Crippen molar-refractivity contribution in [3.8, 4) is 11.5 Å². The third kappa shape index (κ3) is 4.37. The molecule has 0 atom stereocenters. The Morgan fingerprint density at radius 3 is 2.45 bits per heavy atom. The Labute approximate surface area is 161 Å². The molecule has 0 fully saturated rings. The van der Waals surface area contributed by atoms with E-state index in [2.05, 4.69) is 10.4 Å². The number of halogens is 3. The maximum atomic E-state index is 13.0. The number of anilines is 1. The summed E-state index contributed by atoms with van der Waals surface area (Å²) in [5.41, 5.74) is -0.0795. The molecule has 0 saturated heterocycles. The predicted octanol–water partition coefficient (Wildman–Crippen LogP) is 2.28. The van der Waals surface area contributed by atoms with E-state index in [1.807, 2.05) is 0 Å². The number of aromatic nitrogens is 2. The molecule has 0 spiro atoms. The maximum Gasteiger partial charge on any atom is 0.437 e. The summed E-state index contributed by atoms with van der Waals surface area (Å²) in [5.74, 6) is -6.23. The average Bonchev–Trinajstić information content (AvgIpc) is 3.02. The van der Waals surface area contributed by atoms with Crippen molar-refractivity contribution in [3.63, 3.8) is 0 Å². The first-order valence-corrected chi connectivity index (χ1v) is 9.48. The number of hydrogen-bond donors (Lipinski definition) is 1. The molecule has 8 nitrogen and oxygen atoms in total. The molecule has 1 aromatic heterocycles. The molecule has 1 N–H and O–H groups in total. The molecule has 0 aliphatic heterocycles. The van der Waals surface area contributed by atoms with Gasteiger partial charge in [-0.25, -0.2) is 17.6 Å². The summed E-state index contributed by atoms with van der Waals surface area (Å²) in [6, 6.07) is 9.50. The summed E-state index contributed by atoms with van der Waals surface area (Å²) in [5, 5.41) is 5.97. The van der Waals surface area contributed by atoms with Gasteiger partial charge in [-0.15, -0.1) is 5.10 Å². The fourth-order valence-corrected chi connectivity index (χ4v) is 3.24. The molecule has 152 valence electrons. The molecule has 0 aliphatic rings. The largest absolute Gasteiger partial charge is 0.437 e. The Balaban J connectivity index is 1.81. The second kappa shape index (κ2) is 7.91. The van der Waals surface area contributed by atoms with Crippen molar-refractivity contribution in [2.45, 2.75) is 17.2 Å². The first kappa shape index (κ1) is 20.3. The molecule has 12 heteroatoms. The van der Waals surface area contributed by atoms with E-state index in [-0.39, 0.29) is 17.1 Å². The number of carbonyl (C=O) groups excluding carboxylic acids is 1. The smallest absolute Gasteiger partial charge is 0.388 e. The maximum absolute atomic E-state index is 13.0. The molecule has 0 bridgehead atoms. The fraction of sp³-hybridized carbons (Fsp3) is 0.118. The summed E-state index contributed by atoms with van der Waals surface area (Å²) >= 11 is 0. The van der Waals surface area contributed by atoms with Crippen LogP contribution < -0.4 is 11.1 Å². The van der Waals surface area contributed by atoms with E-state index in [0.29, 0.717) is 4.68 Å². The summed E-state index contributed by atoms with van der Waals surface area (Å²) in [6.07, 6.45) is 0. The number of benzene rings is 2. The lowest BCUT2D eigenvalue weighted by Crippen LogP contribution is -2.26. The van der Waals surface area contributed by atoms with Gasteiger partial charge in [0.1, 0.15) is 12.4 Å². The minimum absolute atomic E-state index is 0.163. The molecule has 0 saturated carbocycles. The zero-order chi connectivity index (χ0) is 21.2. The van der Waals surface area contributed by atoms with Gasteiger partial charge in [0.15, 0.2) is 0 Å². The van der Waals surface area contributed by atoms with Crippen LogP contribution in [0.5, 0.6) is 0 Å². The number of rotatable bonds is 6. The topological polar surface area (TPSA) is 111 Å². The predicted molar refractivity (Wildman–Crippen MR) is 94.4 cm³/mol. The lowest BCUT2D eigenvalue weighted by molar-refractivity contribution is -0.117. The molecule has 2 aromatic carbocycles. The standard InChI is InChI=1S/C17H12F3N3O5S/c18-11-7-5-10(6-8-11)15-22-23(17(25)28-15)9-14(24)21-12-3-1-2-4-13(12)29(26,27)16(19)20/h1-8,16H,9H2,(H,21,24). The van der Waals surface area contributed by atoms with Crippen LogP contribution in [0.1, 0.15) is 0 Å². The van der Waals surface area contributed by atoms with Crippen LogP contribution in [0.2, 0.25) is 0 Å². The molecular formula is C17H12F3N3O5S. The Morgan fingerprint density at radius 1 is 1.14 bits per heavy atom. The number of nitrogens with zero attached hydrogens (tertiary/aromatic N) is 2. The van der Waals surface area contributed by atoms with Gasteiger partial charge in [-0.3, -0.25) is 4.79 Å². The monoisotopic (exact) mass is 427 g/mol. The molecular weight excluding hydrogens is 415 g/mol. The van der Waals surface area contributed by atoms with Crippen molar-refractivity contribution in [1.82, 2.24) is 9.78 Å². The first-order valence-electron chi connectivity index (χ1n) is 7.93. The minimum atomic E-state index is -4.95. The van der Waals surface area contributed by atoms with E-state index in [9.17, 15) is 31.2 Å². The molecule has 1 amide bonds. The normalized spacial score (nSPS) is 11.6. The number of alkyl halides is 2. The Morgan fingerprint density at radius 2 is 1.79 bits per heavy atom. The number of carbonyl (C=O) groups is 1. The molecule has 3 rings (SSSR count). The molecule has 29 heavy (non-hydrogen) atoms. The van der Waals surface area contributed by atoms with Gasteiger partial charge in [0, 0.05) is 5.56 Å². The van der Waals surface area contributed by atoms with Crippen LogP contribution in [-0.2, 0) is 21.2 Å². The highest BCUT2D eigenvalue weighted by molar-refractivity contribution is 7.91. The van der Waals surface area contributed by atoms with E-state index in [4.69, 9.17) is 4.42 Å². The number of para-hydroxylation sites is 1. The molecule has 0 aliphatic carbocycles. The Bertz CT molecular complexity index is 1200. The van der Waals surface area contributed by atoms with Gasteiger partial charge in [0.05, 0.1) is 10.6 Å². The van der Waals surface area contributed by atoms with E-state index in [1.165, 1.54) is 24.3 Å². The number of nitrogens with one attached hydrogen (secondary N) is 1. The second-order valence-corrected chi connectivity index (χ2v) is 7.57. The summed E-state index contributed by atoms with van der Waals surface area (Å²) in [6.45, 7) is -0.674. The highest BCUT2D eigenvalue weighted by Gasteiger charge is 2.29. The summed E-state index contributed by atoms with van der Waals surface area (Å²) in [4.78, 5) is 23.3. The highest BCUT2D eigenvalue weighted by atomic mass is 32.2. The molecule has 3 aromatic rings. The van der Waals surface area contributed by atoms with Crippen molar-refractivity contribution in [3.05, 3.63) is 64.9 Å². The van der Waals surface area contributed by atoms with Crippen LogP contribution >= 0.6 is 0 Å². The second-order valence-electron chi connectivity index (χ2n) is 5.69. The van der Waals surface area contributed by atoms with Gasteiger partial charge in [-0.2, -0.15) is 13.5 Å². The van der Waals surface area contributed by atoms with Crippen LogP contribution in [0.4, 0.5) is 18.9 Å². The van der Waals surface area contributed by atoms with E-state index in [1.54, 1.807) is 0 Å². The fourth-order valence-electron chi connectivity index (χ4n) is 2.36.